The van der Waals surface area contributed by atoms with E-state index in [9.17, 15) is 9.59 Å². The van der Waals surface area contributed by atoms with Gasteiger partial charge in [0, 0.05) is 11.4 Å². The Morgan fingerprint density at radius 3 is 2.70 bits per heavy atom. The highest BCUT2D eigenvalue weighted by atomic mass is 32.1. The van der Waals surface area contributed by atoms with Gasteiger partial charge in [-0.2, -0.15) is 0 Å². The van der Waals surface area contributed by atoms with Crippen LogP contribution in [0, 0.1) is 0 Å². The number of aliphatic carboxylic acids is 1. The van der Waals surface area contributed by atoms with Crippen molar-refractivity contribution in [1.82, 2.24) is 9.88 Å². The first-order chi connectivity index (χ1) is 9.49. The molecule has 1 atom stereocenters. The van der Waals surface area contributed by atoms with Crippen LogP contribution >= 0.6 is 11.3 Å². The molecule has 3 N–H and O–H groups in total. The largest absolute Gasteiger partial charge is 0.480 e. The molecule has 0 spiro atoms. The summed E-state index contributed by atoms with van der Waals surface area (Å²) in [6, 6.07) is -0.208. The minimum Gasteiger partial charge on any atom is -0.480 e. The van der Waals surface area contributed by atoms with E-state index < -0.39 is 5.97 Å². The number of nitrogens with zero attached hydrogens (tertiary/aromatic N) is 2. The Morgan fingerprint density at radius 1 is 1.55 bits per heavy atom. The highest BCUT2D eigenvalue weighted by Crippen LogP contribution is 2.25. The topological polar surface area (TPSA) is 96.5 Å². The molecule has 1 fully saturated rings. The van der Waals surface area contributed by atoms with Crippen LogP contribution < -0.4 is 5.73 Å². The van der Waals surface area contributed by atoms with E-state index in [1.807, 2.05) is 0 Å². The number of hydrogen-bond acceptors (Lipinski definition) is 5. The molecule has 1 heterocycles. The minimum atomic E-state index is -0.993. The summed E-state index contributed by atoms with van der Waals surface area (Å²) >= 11 is 1.33. The van der Waals surface area contributed by atoms with Gasteiger partial charge in [0.05, 0.1) is 6.04 Å². The molecule has 0 saturated heterocycles. The van der Waals surface area contributed by atoms with Crippen molar-refractivity contribution in [3.63, 3.8) is 0 Å². The van der Waals surface area contributed by atoms with E-state index >= 15 is 0 Å². The van der Waals surface area contributed by atoms with E-state index in [-0.39, 0.29) is 24.5 Å². The SMILES string of the molecule is CC(N)c1nc(C(=O)N(CC(=O)O)C2CCCC2)cs1. The van der Waals surface area contributed by atoms with Gasteiger partial charge < -0.3 is 15.7 Å². The molecule has 7 heteroatoms. The number of aromatic nitrogens is 1. The van der Waals surface area contributed by atoms with Gasteiger partial charge in [-0.1, -0.05) is 12.8 Å². The lowest BCUT2D eigenvalue weighted by Crippen LogP contribution is -2.42. The molecule has 2 rings (SSSR count). The molecule has 0 bridgehead atoms. The summed E-state index contributed by atoms with van der Waals surface area (Å²) in [5, 5.41) is 11.3. The van der Waals surface area contributed by atoms with Crippen molar-refractivity contribution in [1.29, 1.82) is 0 Å². The van der Waals surface area contributed by atoms with E-state index in [2.05, 4.69) is 4.98 Å². The standard InChI is InChI=1S/C13H19N3O3S/c1-8(14)12-15-10(7-20-12)13(19)16(6-11(17)18)9-4-2-3-5-9/h7-9H,2-6,14H2,1H3,(H,17,18). The second kappa shape index (κ2) is 6.32. The number of amides is 1. The number of rotatable bonds is 5. The van der Waals surface area contributed by atoms with Crippen LogP contribution in [0.5, 0.6) is 0 Å². The minimum absolute atomic E-state index is 0.0130. The second-order valence-electron chi connectivity index (χ2n) is 5.12. The third-order valence-corrected chi connectivity index (χ3v) is 4.51. The Morgan fingerprint density at radius 2 is 2.20 bits per heavy atom. The lowest BCUT2D eigenvalue weighted by Gasteiger charge is -2.26. The van der Waals surface area contributed by atoms with Crippen LogP contribution in [0.1, 0.15) is 54.1 Å². The van der Waals surface area contributed by atoms with Gasteiger partial charge in [0.1, 0.15) is 17.2 Å². The zero-order valence-electron chi connectivity index (χ0n) is 11.4. The van der Waals surface area contributed by atoms with E-state index in [0.29, 0.717) is 10.7 Å². The lowest BCUT2D eigenvalue weighted by atomic mass is 10.2. The highest BCUT2D eigenvalue weighted by molar-refractivity contribution is 7.09. The Bertz CT molecular complexity index is 495. The Kier molecular flexibility index (Phi) is 4.72. The zero-order valence-corrected chi connectivity index (χ0v) is 12.2. The first-order valence-electron chi connectivity index (χ1n) is 6.73. The number of carbonyl (C=O) groups excluding carboxylic acids is 1. The summed E-state index contributed by atoms with van der Waals surface area (Å²) in [6.07, 6.45) is 3.80. The smallest absolute Gasteiger partial charge is 0.323 e. The van der Waals surface area contributed by atoms with Gasteiger partial charge in [-0.3, -0.25) is 9.59 Å². The number of carboxylic acids is 1. The molecule has 0 aromatic carbocycles. The molecule has 0 aliphatic heterocycles. The number of nitrogens with two attached hydrogens (primary N) is 1. The first kappa shape index (κ1) is 14.9. The van der Waals surface area contributed by atoms with Crippen molar-refractivity contribution >= 4 is 23.2 Å². The number of hydrogen-bond donors (Lipinski definition) is 2. The number of carbonyl (C=O) groups is 2. The van der Waals surface area contributed by atoms with E-state index in [0.717, 1.165) is 25.7 Å². The fourth-order valence-electron chi connectivity index (χ4n) is 2.47. The summed E-state index contributed by atoms with van der Waals surface area (Å²) in [7, 11) is 0. The van der Waals surface area contributed by atoms with Crippen LogP contribution in [0.25, 0.3) is 0 Å². The maximum absolute atomic E-state index is 12.5. The van der Waals surface area contributed by atoms with Crippen molar-refractivity contribution in [3.8, 4) is 0 Å². The van der Waals surface area contributed by atoms with Crippen molar-refractivity contribution in [2.45, 2.75) is 44.7 Å². The van der Waals surface area contributed by atoms with Crippen molar-refractivity contribution < 1.29 is 14.7 Å². The van der Waals surface area contributed by atoms with Crippen LogP contribution in [0.4, 0.5) is 0 Å². The quantitative estimate of drug-likeness (QED) is 0.861. The van der Waals surface area contributed by atoms with Crippen molar-refractivity contribution in [3.05, 3.63) is 16.1 Å². The Balaban J connectivity index is 2.17. The van der Waals surface area contributed by atoms with Gasteiger partial charge in [-0.15, -0.1) is 11.3 Å². The van der Waals surface area contributed by atoms with Gasteiger partial charge in [-0.25, -0.2) is 4.98 Å². The predicted octanol–water partition coefficient (Wildman–Crippen LogP) is 1.63. The molecule has 1 aromatic heterocycles. The van der Waals surface area contributed by atoms with Gasteiger partial charge in [0.15, 0.2) is 0 Å². The lowest BCUT2D eigenvalue weighted by molar-refractivity contribution is -0.138. The van der Waals surface area contributed by atoms with Gasteiger partial charge >= 0.3 is 5.97 Å². The van der Waals surface area contributed by atoms with Gasteiger partial charge in [0.25, 0.3) is 5.91 Å². The molecule has 1 aliphatic rings. The molecule has 1 aliphatic carbocycles. The maximum atomic E-state index is 12.5. The molecule has 0 radical (unpaired) electrons. The first-order valence-corrected chi connectivity index (χ1v) is 7.60. The summed E-state index contributed by atoms with van der Waals surface area (Å²) in [5.41, 5.74) is 6.04. The molecule has 1 saturated carbocycles. The van der Waals surface area contributed by atoms with Crippen LogP contribution in [0.2, 0.25) is 0 Å². The van der Waals surface area contributed by atoms with E-state index in [1.54, 1.807) is 12.3 Å². The third kappa shape index (κ3) is 3.34. The molecular formula is C13H19N3O3S. The molecule has 1 amide bonds. The van der Waals surface area contributed by atoms with Crippen LogP contribution in [-0.2, 0) is 4.79 Å². The molecule has 6 nitrogen and oxygen atoms in total. The van der Waals surface area contributed by atoms with Crippen LogP contribution in [-0.4, -0.2) is 39.5 Å². The fraction of sp³-hybridized carbons (Fsp3) is 0.615. The maximum Gasteiger partial charge on any atom is 0.323 e. The predicted molar refractivity (Wildman–Crippen MR) is 75.6 cm³/mol. The van der Waals surface area contributed by atoms with Crippen LogP contribution in [0.15, 0.2) is 5.38 Å². The number of carboxylic acid groups (broad SMARTS) is 1. The molecule has 110 valence electrons. The Labute approximate surface area is 121 Å². The van der Waals surface area contributed by atoms with Gasteiger partial charge in [-0.05, 0) is 19.8 Å². The third-order valence-electron chi connectivity index (χ3n) is 3.46. The number of thiazole rings is 1. The zero-order chi connectivity index (χ0) is 14.7. The summed E-state index contributed by atoms with van der Waals surface area (Å²) in [6.45, 7) is 1.54. The monoisotopic (exact) mass is 297 g/mol. The summed E-state index contributed by atoms with van der Waals surface area (Å²) in [4.78, 5) is 29.1. The highest BCUT2D eigenvalue weighted by Gasteiger charge is 2.30. The molecule has 1 aromatic rings. The average Bonchev–Trinajstić information content (AvgIpc) is 3.05. The van der Waals surface area contributed by atoms with Crippen molar-refractivity contribution in [2.75, 3.05) is 6.54 Å². The molecule has 1 unspecified atom stereocenters. The summed E-state index contributed by atoms with van der Waals surface area (Å²) < 4.78 is 0. The fourth-order valence-corrected chi connectivity index (χ4v) is 3.22. The average molecular weight is 297 g/mol. The second-order valence-corrected chi connectivity index (χ2v) is 6.01. The van der Waals surface area contributed by atoms with Crippen LogP contribution in [0.3, 0.4) is 0 Å². The van der Waals surface area contributed by atoms with E-state index in [4.69, 9.17) is 10.8 Å². The van der Waals surface area contributed by atoms with E-state index in [1.165, 1.54) is 16.2 Å². The van der Waals surface area contributed by atoms with Crippen molar-refractivity contribution in [2.24, 2.45) is 5.73 Å². The van der Waals surface area contributed by atoms with Gasteiger partial charge in [0.2, 0.25) is 0 Å². The molecule has 20 heavy (non-hydrogen) atoms. The summed E-state index contributed by atoms with van der Waals surface area (Å²) in [5.74, 6) is -1.30. The normalized spacial score (nSPS) is 17.1. The molecular weight excluding hydrogens is 278 g/mol. The Hall–Kier alpha value is -1.47.